The molecule has 3 heterocycles. The van der Waals surface area contributed by atoms with Gasteiger partial charge in [0, 0.05) is 17.5 Å². The molecular weight excluding hydrogens is 344 g/mol. The van der Waals surface area contributed by atoms with Crippen LogP contribution in [-0.2, 0) is 9.84 Å². The summed E-state index contributed by atoms with van der Waals surface area (Å²) in [5.74, 6) is -0.155. The zero-order valence-electron chi connectivity index (χ0n) is 12.8. The van der Waals surface area contributed by atoms with E-state index in [0.29, 0.717) is 17.5 Å². The van der Waals surface area contributed by atoms with Gasteiger partial charge in [0.05, 0.1) is 22.6 Å². The average Bonchev–Trinajstić information content (AvgIpc) is 3.24. The SMILES string of the molecule is NC(=O)c1cc(-c2ccsc2)cc2c(C3CCS(=O)(=O)C3)c[nH]c12. The van der Waals surface area contributed by atoms with Gasteiger partial charge in [0.15, 0.2) is 9.84 Å². The lowest BCUT2D eigenvalue weighted by atomic mass is 9.94. The molecule has 1 saturated heterocycles. The van der Waals surface area contributed by atoms with E-state index in [-0.39, 0.29) is 17.4 Å². The fraction of sp³-hybridized carbons (Fsp3) is 0.235. The van der Waals surface area contributed by atoms with Crippen LogP contribution in [0, 0.1) is 0 Å². The first kappa shape index (κ1) is 15.4. The number of benzene rings is 1. The number of thiophene rings is 1. The van der Waals surface area contributed by atoms with Crippen LogP contribution in [0.5, 0.6) is 0 Å². The van der Waals surface area contributed by atoms with E-state index in [9.17, 15) is 13.2 Å². The molecule has 1 atom stereocenters. The van der Waals surface area contributed by atoms with Gasteiger partial charge < -0.3 is 10.7 Å². The molecule has 1 aliphatic rings. The van der Waals surface area contributed by atoms with E-state index in [2.05, 4.69) is 4.98 Å². The number of nitrogens with two attached hydrogens (primary N) is 1. The molecule has 0 aliphatic carbocycles. The molecule has 24 heavy (non-hydrogen) atoms. The highest BCUT2D eigenvalue weighted by atomic mass is 32.2. The molecular formula is C17H16N2O3S2. The molecule has 4 rings (SSSR count). The zero-order chi connectivity index (χ0) is 16.9. The summed E-state index contributed by atoms with van der Waals surface area (Å²) in [6.45, 7) is 0. The highest BCUT2D eigenvalue weighted by molar-refractivity contribution is 7.91. The normalized spacial score (nSPS) is 19.8. The standard InChI is InChI=1S/C17H16N2O3S2/c18-17(20)14-6-12(10-1-3-23-8-10)5-13-15(7-19-16(13)14)11-2-4-24(21,22)9-11/h1,3,5-8,11,19H,2,4,9H2,(H2,18,20). The van der Waals surface area contributed by atoms with Crippen LogP contribution < -0.4 is 5.73 Å². The summed E-state index contributed by atoms with van der Waals surface area (Å²) in [6.07, 6.45) is 2.43. The number of carbonyl (C=O) groups is 1. The zero-order valence-corrected chi connectivity index (χ0v) is 14.4. The quantitative estimate of drug-likeness (QED) is 0.752. The number of fused-ring (bicyclic) bond motifs is 1. The summed E-state index contributed by atoms with van der Waals surface area (Å²) < 4.78 is 23.6. The summed E-state index contributed by atoms with van der Waals surface area (Å²) in [4.78, 5) is 15.0. The van der Waals surface area contributed by atoms with Crippen LogP contribution in [0.4, 0.5) is 0 Å². The number of aromatic amines is 1. The maximum atomic E-state index is 11.9. The Kier molecular flexibility index (Phi) is 3.51. The Morgan fingerprint density at radius 1 is 1.29 bits per heavy atom. The Bertz CT molecular complexity index is 1030. The summed E-state index contributed by atoms with van der Waals surface area (Å²) in [5.41, 5.74) is 9.56. The van der Waals surface area contributed by atoms with Gasteiger partial charge >= 0.3 is 0 Å². The van der Waals surface area contributed by atoms with Crippen LogP contribution in [0.25, 0.3) is 22.0 Å². The van der Waals surface area contributed by atoms with Crippen molar-refractivity contribution in [1.29, 1.82) is 0 Å². The van der Waals surface area contributed by atoms with Crippen LogP contribution in [0.15, 0.2) is 35.2 Å². The topological polar surface area (TPSA) is 93.0 Å². The molecule has 1 aromatic carbocycles. The second-order valence-corrected chi connectivity index (χ2v) is 9.18. The number of H-pyrrole nitrogens is 1. The minimum absolute atomic E-state index is 0.0396. The smallest absolute Gasteiger partial charge is 0.250 e. The van der Waals surface area contributed by atoms with Gasteiger partial charge in [-0.05, 0) is 52.1 Å². The first-order chi connectivity index (χ1) is 11.4. The number of hydrogen-bond acceptors (Lipinski definition) is 4. The summed E-state index contributed by atoms with van der Waals surface area (Å²) in [7, 11) is -2.97. The molecule has 1 aliphatic heterocycles. The Hall–Kier alpha value is -2.12. The van der Waals surface area contributed by atoms with Gasteiger partial charge in [-0.15, -0.1) is 0 Å². The average molecular weight is 360 g/mol. The summed E-state index contributed by atoms with van der Waals surface area (Å²) in [6, 6.07) is 5.79. The second-order valence-electron chi connectivity index (χ2n) is 6.17. The lowest BCUT2D eigenvalue weighted by Crippen LogP contribution is -2.11. The molecule has 1 unspecified atom stereocenters. The monoisotopic (exact) mass is 360 g/mol. The van der Waals surface area contributed by atoms with Crippen molar-refractivity contribution in [2.24, 2.45) is 5.73 Å². The predicted octanol–water partition coefficient (Wildman–Crippen LogP) is 2.90. The first-order valence-electron chi connectivity index (χ1n) is 7.62. The Labute approximate surface area is 143 Å². The van der Waals surface area contributed by atoms with Crippen LogP contribution >= 0.6 is 11.3 Å². The molecule has 1 fully saturated rings. The third-order valence-electron chi connectivity index (χ3n) is 4.61. The number of carbonyl (C=O) groups excluding carboxylic acids is 1. The molecule has 0 saturated carbocycles. The number of hydrogen-bond donors (Lipinski definition) is 2. The number of primary amides is 1. The van der Waals surface area contributed by atoms with Gasteiger partial charge in [-0.3, -0.25) is 4.79 Å². The minimum atomic E-state index is -2.97. The molecule has 1 amide bonds. The van der Waals surface area contributed by atoms with Crippen LogP contribution in [0.1, 0.15) is 28.3 Å². The summed E-state index contributed by atoms with van der Waals surface area (Å²) in [5, 5.41) is 4.87. The van der Waals surface area contributed by atoms with Crippen molar-refractivity contribution in [3.63, 3.8) is 0 Å². The van der Waals surface area contributed by atoms with Crippen molar-refractivity contribution < 1.29 is 13.2 Å². The Morgan fingerprint density at radius 3 is 2.75 bits per heavy atom. The highest BCUT2D eigenvalue weighted by Crippen LogP contribution is 2.37. The third-order valence-corrected chi connectivity index (χ3v) is 7.06. The van der Waals surface area contributed by atoms with E-state index >= 15 is 0 Å². The molecule has 0 radical (unpaired) electrons. The number of aromatic nitrogens is 1. The van der Waals surface area contributed by atoms with E-state index in [0.717, 1.165) is 22.1 Å². The maximum Gasteiger partial charge on any atom is 0.250 e. The van der Waals surface area contributed by atoms with Crippen LogP contribution in [-0.4, -0.2) is 30.8 Å². The minimum Gasteiger partial charge on any atom is -0.366 e. The molecule has 3 N–H and O–H groups in total. The van der Waals surface area contributed by atoms with Gasteiger partial charge in [0.2, 0.25) is 0 Å². The van der Waals surface area contributed by atoms with Crippen LogP contribution in [0.3, 0.4) is 0 Å². The maximum absolute atomic E-state index is 11.9. The lowest BCUT2D eigenvalue weighted by molar-refractivity contribution is 0.100. The van der Waals surface area contributed by atoms with E-state index in [1.54, 1.807) is 17.4 Å². The molecule has 0 spiro atoms. The van der Waals surface area contributed by atoms with Gasteiger partial charge in [-0.1, -0.05) is 0 Å². The van der Waals surface area contributed by atoms with Gasteiger partial charge in [0.25, 0.3) is 5.91 Å². The van der Waals surface area contributed by atoms with Gasteiger partial charge in [-0.25, -0.2) is 8.42 Å². The van der Waals surface area contributed by atoms with Crippen molar-refractivity contribution in [3.05, 3.63) is 46.3 Å². The molecule has 124 valence electrons. The molecule has 5 nitrogen and oxygen atoms in total. The summed E-state index contributed by atoms with van der Waals surface area (Å²) >= 11 is 1.58. The van der Waals surface area contributed by atoms with Gasteiger partial charge in [0.1, 0.15) is 0 Å². The van der Waals surface area contributed by atoms with E-state index in [4.69, 9.17) is 5.73 Å². The van der Waals surface area contributed by atoms with E-state index in [1.807, 2.05) is 29.1 Å². The number of rotatable bonds is 3. The Morgan fingerprint density at radius 2 is 2.12 bits per heavy atom. The molecule has 7 heteroatoms. The molecule has 2 aromatic heterocycles. The van der Waals surface area contributed by atoms with Crippen molar-refractivity contribution in [2.75, 3.05) is 11.5 Å². The van der Waals surface area contributed by atoms with Crippen molar-refractivity contribution >= 4 is 38.0 Å². The number of nitrogens with one attached hydrogen (secondary N) is 1. The van der Waals surface area contributed by atoms with E-state index < -0.39 is 15.7 Å². The third kappa shape index (κ3) is 2.53. The molecule has 3 aromatic rings. The fourth-order valence-electron chi connectivity index (χ4n) is 3.42. The van der Waals surface area contributed by atoms with Gasteiger partial charge in [-0.2, -0.15) is 11.3 Å². The predicted molar refractivity (Wildman–Crippen MR) is 96.1 cm³/mol. The van der Waals surface area contributed by atoms with Crippen LogP contribution in [0.2, 0.25) is 0 Å². The Balaban J connectivity index is 1.92. The van der Waals surface area contributed by atoms with Crippen molar-refractivity contribution in [1.82, 2.24) is 4.98 Å². The number of sulfone groups is 1. The van der Waals surface area contributed by atoms with E-state index in [1.165, 1.54) is 0 Å². The largest absolute Gasteiger partial charge is 0.366 e. The highest BCUT2D eigenvalue weighted by Gasteiger charge is 2.31. The first-order valence-corrected chi connectivity index (χ1v) is 10.4. The van der Waals surface area contributed by atoms with Crippen molar-refractivity contribution in [3.8, 4) is 11.1 Å². The molecule has 0 bridgehead atoms. The number of amides is 1. The lowest BCUT2D eigenvalue weighted by Gasteiger charge is -2.09. The fourth-order valence-corrected chi connectivity index (χ4v) is 5.86. The second kappa shape index (κ2) is 5.46. The van der Waals surface area contributed by atoms with Crippen molar-refractivity contribution in [2.45, 2.75) is 12.3 Å².